The number of carbonyl (C=O) groups is 1. The lowest BCUT2D eigenvalue weighted by Crippen LogP contribution is -2.19. The lowest BCUT2D eigenvalue weighted by Gasteiger charge is -2.21. The summed E-state index contributed by atoms with van der Waals surface area (Å²) in [7, 11) is 0. The Labute approximate surface area is 276 Å². The summed E-state index contributed by atoms with van der Waals surface area (Å²) in [6.45, 7) is 9.17. The van der Waals surface area contributed by atoms with E-state index in [0.29, 0.717) is 12.2 Å². The largest absolute Gasteiger partial charge is 0.373 e. The van der Waals surface area contributed by atoms with Gasteiger partial charge < -0.3 is 4.74 Å². The quantitative estimate of drug-likeness (QED) is 0.0779. The molecule has 0 N–H and O–H groups in total. The number of ketones is 1. The van der Waals surface area contributed by atoms with Gasteiger partial charge in [-0.3, -0.25) is 4.79 Å². The summed E-state index contributed by atoms with van der Waals surface area (Å²) in [4.78, 5) is 20.1. The number of carbonyl (C=O) groups excluding carboxylic acids is 1. The Bertz CT molecular complexity index is 1540. The van der Waals surface area contributed by atoms with Gasteiger partial charge in [-0.05, 0) is 60.9 Å². The van der Waals surface area contributed by atoms with Crippen LogP contribution in [-0.2, 0) is 4.74 Å². The van der Waals surface area contributed by atoms with Gasteiger partial charge in [0.1, 0.15) is 0 Å². The molecule has 44 heavy (non-hydrogen) atoms. The average Bonchev–Trinajstić information content (AvgIpc) is 3.01. The van der Waals surface area contributed by atoms with Crippen LogP contribution >= 0.6 is 35.3 Å². The van der Waals surface area contributed by atoms with Crippen molar-refractivity contribution >= 4 is 41.1 Å². The molecule has 0 heterocycles. The highest BCUT2D eigenvalue weighted by atomic mass is 32.2. The lowest BCUT2D eigenvalue weighted by molar-refractivity contribution is 0.0712. The molecule has 1 unspecified atom stereocenters. The predicted molar refractivity (Wildman–Crippen MR) is 191 cm³/mol. The van der Waals surface area contributed by atoms with E-state index in [1.54, 1.807) is 35.3 Å². The van der Waals surface area contributed by atoms with Gasteiger partial charge in [-0.2, -0.15) is 0 Å². The van der Waals surface area contributed by atoms with Crippen LogP contribution in [0, 0.1) is 5.41 Å². The molecule has 0 aliphatic heterocycles. The van der Waals surface area contributed by atoms with E-state index in [0.717, 1.165) is 24.5 Å². The molecule has 0 spiro atoms. The summed E-state index contributed by atoms with van der Waals surface area (Å²) in [6, 6.07) is 40.7. The Morgan fingerprint density at radius 1 is 0.659 bits per heavy atom. The fourth-order valence-electron chi connectivity index (χ4n) is 4.32. The van der Waals surface area contributed by atoms with Gasteiger partial charge >= 0.3 is 0 Å². The molecule has 226 valence electrons. The van der Waals surface area contributed by atoms with E-state index in [-0.39, 0.29) is 17.6 Å². The first-order valence-electron chi connectivity index (χ1n) is 14.8. The fourth-order valence-corrected chi connectivity index (χ4v) is 7.61. The van der Waals surface area contributed by atoms with Crippen LogP contribution in [0.4, 0.5) is 0 Å². The minimum atomic E-state index is -0.394. The van der Waals surface area contributed by atoms with Crippen LogP contribution in [0.5, 0.6) is 0 Å². The molecule has 4 aromatic carbocycles. The Morgan fingerprint density at radius 3 is 1.59 bits per heavy atom. The van der Waals surface area contributed by atoms with E-state index in [2.05, 4.69) is 99.7 Å². The smallest absolute Gasteiger partial charge is 0.165 e. The monoisotopic (exact) mass is 636 g/mol. The van der Waals surface area contributed by atoms with Crippen molar-refractivity contribution in [2.75, 3.05) is 6.61 Å². The van der Waals surface area contributed by atoms with Gasteiger partial charge in [0.2, 0.25) is 0 Å². The highest BCUT2D eigenvalue weighted by molar-refractivity contribution is 8.04. The molecule has 0 aromatic heterocycles. The molecule has 0 amide bonds. The Kier molecular flexibility index (Phi) is 13.2. The van der Waals surface area contributed by atoms with E-state index < -0.39 is 6.10 Å². The van der Waals surface area contributed by atoms with E-state index >= 15 is 0 Å². The molecule has 0 aliphatic carbocycles. The van der Waals surface area contributed by atoms with Crippen LogP contribution in [0.3, 0.4) is 0 Å². The van der Waals surface area contributed by atoms with Gasteiger partial charge in [0, 0.05) is 48.0 Å². The Hall–Kier alpha value is -3.22. The van der Waals surface area contributed by atoms with Crippen molar-refractivity contribution in [1.29, 1.82) is 0 Å². The summed E-state index contributed by atoms with van der Waals surface area (Å²) in [5.74, 6) is 0.0674. The van der Waals surface area contributed by atoms with Crippen molar-refractivity contribution < 1.29 is 9.53 Å². The molecule has 0 radical (unpaired) electrons. The van der Waals surface area contributed by atoms with Crippen molar-refractivity contribution in [2.24, 2.45) is 5.41 Å². The SMILES string of the molecule is CCOC(CC(=O)c1ccccc1)\C(=C/C(=C\C(=C/C(C)(C)C)Sc1ccccc1)Sc1ccccc1)Sc1ccccc1. The summed E-state index contributed by atoms with van der Waals surface area (Å²) >= 11 is 5.14. The molecule has 0 aliphatic rings. The zero-order valence-electron chi connectivity index (χ0n) is 25.8. The number of thioether (sulfide) groups is 3. The molecular weight excluding hydrogens is 597 g/mol. The van der Waals surface area contributed by atoms with E-state index in [9.17, 15) is 4.79 Å². The number of benzene rings is 4. The van der Waals surface area contributed by atoms with E-state index in [1.807, 2.05) is 67.6 Å². The maximum absolute atomic E-state index is 13.5. The fraction of sp³-hybridized carbons (Fsp3) is 0.205. The molecule has 2 nitrogen and oxygen atoms in total. The number of ether oxygens (including phenoxy) is 1. The summed E-state index contributed by atoms with van der Waals surface area (Å²) in [6.07, 6.45) is 6.68. The van der Waals surface area contributed by atoms with Gasteiger partial charge in [-0.25, -0.2) is 0 Å². The highest BCUT2D eigenvalue weighted by Gasteiger charge is 2.22. The first kappa shape index (κ1) is 33.7. The third kappa shape index (κ3) is 11.7. The van der Waals surface area contributed by atoms with Crippen LogP contribution in [0.1, 0.15) is 44.5 Å². The van der Waals surface area contributed by atoms with Crippen molar-refractivity contribution in [2.45, 2.75) is 54.9 Å². The Balaban J connectivity index is 1.82. The maximum Gasteiger partial charge on any atom is 0.165 e. The van der Waals surface area contributed by atoms with Gasteiger partial charge in [-0.15, -0.1) is 0 Å². The first-order valence-corrected chi connectivity index (χ1v) is 17.3. The molecule has 0 saturated carbocycles. The topological polar surface area (TPSA) is 26.3 Å². The lowest BCUT2D eigenvalue weighted by atomic mass is 9.96. The number of Topliss-reactive ketones (excluding diaryl/α,β-unsaturated/α-hetero) is 1. The summed E-state index contributed by atoms with van der Waals surface area (Å²) < 4.78 is 6.33. The molecular formula is C39H40O2S3. The number of hydrogen-bond donors (Lipinski definition) is 0. The minimum absolute atomic E-state index is 0.0164. The van der Waals surface area contributed by atoms with Gasteiger partial charge in [0.05, 0.1) is 6.10 Å². The second kappa shape index (κ2) is 17.3. The second-order valence-corrected chi connectivity index (χ2v) is 14.6. The minimum Gasteiger partial charge on any atom is -0.373 e. The average molecular weight is 637 g/mol. The van der Waals surface area contributed by atoms with Gasteiger partial charge in [-0.1, -0.05) is 147 Å². The molecule has 5 heteroatoms. The summed E-state index contributed by atoms with van der Waals surface area (Å²) in [5, 5.41) is 0. The van der Waals surface area contributed by atoms with Gasteiger partial charge in [0.25, 0.3) is 0 Å². The molecule has 1 atom stereocenters. The van der Waals surface area contributed by atoms with Crippen LogP contribution in [0.15, 0.2) is 169 Å². The second-order valence-electron chi connectivity index (χ2n) is 11.2. The van der Waals surface area contributed by atoms with E-state index in [1.165, 1.54) is 4.90 Å². The third-order valence-electron chi connectivity index (χ3n) is 6.23. The molecule has 4 aromatic rings. The standard InChI is InChI=1S/C39H40O2S3/c1-5-41-37(28-36(40)30-18-10-6-11-19-30)38(44-33-24-16-9-17-25-33)27-34(42-31-20-12-7-13-21-31)26-35(29-39(2,3)4)43-32-22-14-8-15-23-32/h6-27,29,37H,5,28H2,1-4H3/b34-26+,35-29+,38-27+. The third-order valence-corrected chi connectivity index (χ3v) is 9.32. The number of hydrogen-bond acceptors (Lipinski definition) is 5. The van der Waals surface area contributed by atoms with Crippen molar-refractivity contribution in [3.63, 3.8) is 0 Å². The zero-order chi connectivity index (χ0) is 31.2. The molecule has 0 saturated heterocycles. The molecule has 0 bridgehead atoms. The maximum atomic E-state index is 13.5. The van der Waals surface area contributed by atoms with Crippen LogP contribution in [0.25, 0.3) is 0 Å². The molecule has 4 rings (SSSR count). The van der Waals surface area contributed by atoms with E-state index in [4.69, 9.17) is 4.74 Å². The number of rotatable bonds is 14. The number of allylic oxidation sites excluding steroid dienone is 3. The summed E-state index contributed by atoms with van der Waals surface area (Å²) in [5.41, 5.74) is 0.683. The zero-order valence-corrected chi connectivity index (χ0v) is 28.3. The van der Waals surface area contributed by atoms with Crippen LogP contribution in [-0.4, -0.2) is 18.5 Å². The highest BCUT2D eigenvalue weighted by Crippen LogP contribution is 2.39. The normalized spacial score (nSPS) is 13.5. The van der Waals surface area contributed by atoms with Crippen LogP contribution in [0.2, 0.25) is 0 Å². The first-order chi connectivity index (χ1) is 21.3. The van der Waals surface area contributed by atoms with Crippen molar-refractivity contribution in [3.8, 4) is 0 Å². The van der Waals surface area contributed by atoms with Crippen molar-refractivity contribution in [3.05, 3.63) is 160 Å². The Morgan fingerprint density at radius 2 is 1.11 bits per heavy atom. The van der Waals surface area contributed by atoms with Gasteiger partial charge in [0.15, 0.2) is 5.78 Å². The predicted octanol–water partition coefficient (Wildman–Crippen LogP) is 11.7. The van der Waals surface area contributed by atoms with Crippen molar-refractivity contribution in [1.82, 2.24) is 0 Å². The van der Waals surface area contributed by atoms with Crippen LogP contribution < -0.4 is 0 Å². The molecule has 0 fully saturated rings.